The first kappa shape index (κ1) is 22.7. The number of hydrogen-bond acceptors (Lipinski definition) is 6. The number of hydrogen-bond donors (Lipinski definition) is 4. The van der Waals surface area contributed by atoms with E-state index in [-0.39, 0.29) is 5.91 Å². The molecular formula is C25H29FN6O. The number of pyridine rings is 2. The van der Waals surface area contributed by atoms with Crippen molar-refractivity contribution in [3.8, 4) is 0 Å². The molecule has 0 saturated heterocycles. The van der Waals surface area contributed by atoms with Crippen LogP contribution in [0.3, 0.4) is 0 Å². The van der Waals surface area contributed by atoms with Gasteiger partial charge in [0.25, 0.3) is 5.91 Å². The maximum atomic E-state index is 14.4. The first-order valence-corrected chi connectivity index (χ1v) is 11.1. The highest BCUT2D eigenvalue weighted by atomic mass is 19.1. The summed E-state index contributed by atoms with van der Waals surface area (Å²) in [5, 5.41) is 12.7. The van der Waals surface area contributed by atoms with Crippen molar-refractivity contribution in [3.63, 3.8) is 0 Å². The molecule has 0 saturated carbocycles. The molecule has 3 aromatic rings. The van der Waals surface area contributed by atoms with Crippen molar-refractivity contribution in [1.82, 2.24) is 20.6 Å². The minimum atomic E-state index is -1.58. The fraction of sp³-hybridized carbons (Fsp3) is 0.320. The molecular weight excluding hydrogens is 419 g/mol. The summed E-state index contributed by atoms with van der Waals surface area (Å²) in [5.41, 5.74) is 3.17. The zero-order valence-electron chi connectivity index (χ0n) is 19.1. The van der Waals surface area contributed by atoms with E-state index >= 15 is 0 Å². The van der Waals surface area contributed by atoms with Gasteiger partial charge in [-0.05, 0) is 69.1 Å². The Morgan fingerprint density at radius 2 is 1.97 bits per heavy atom. The van der Waals surface area contributed by atoms with Gasteiger partial charge in [0.05, 0.1) is 16.9 Å². The number of benzene rings is 1. The molecule has 0 fully saturated rings. The van der Waals surface area contributed by atoms with Crippen LogP contribution in [0.2, 0.25) is 0 Å². The minimum Gasteiger partial charge on any atom is -0.352 e. The summed E-state index contributed by atoms with van der Waals surface area (Å²) in [5.74, 6) is 0.776. The number of carbonyl (C=O) groups is 1. The summed E-state index contributed by atoms with van der Waals surface area (Å²) in [6, 6.07) is 13.2. The summed E-state index contributed by atoms with van der Waals surface area (Å²) < 4.78 is 14.4. The zero-order valence-corrected chi connectivity index (χ0v) is 19.1. The average Bonchev–Trinajstić information content (AvgIpc) is 2.79. The molecule has 1 aliphatic rings. The average molecular weight is 449 g/mol. The number of nitrogens with zero attached hydrogens (tertiary/aromatic N) is 2. The van der Waals surface area contributed by atoms with Crippen LogP contribution in [-0.2, 0) is 18.6 Å². The first-order valence-electron chi connectivity index (χ1n) is 11.1. The van der Waals surface area contributed by atoms with Gasteiger partial charge in [-0.3, -0.25) is 4.79 Å². The van der Waals surface area contributed by atoms with Crippen molar-refractivity contribution in [2.24, 2.45) is 0 Å². The molecule has 1 aliphatic heterocycles. The van der Waals surface area contributed by atoms with Gasteiger partial charge in [0.15, 0.2) is 0 Å². The molecule has 4 N–H and O–H groups in total. The molecule has 0 bridgehead atoms. The number of aromatic nitrogens is 2. The predicted octanol–water partition coefficient (Wildman–Crippen LogP) is 4.56. The standard InChI is InChI=1S/C25H29FN6O/c1-4-28-24(33)19-15-29-23(30-18-9-8-16-10-11-27-14-17(16)12-18)13-20(19)31-22-7-5-6-21(32-22)25(2,3)26/h5-9,12-13,15,27H,4,10-11,14H2,1-3H3,(H,28,33)(H2,29,30,31,32). The lowest BCUT2D eigenvalue weighted by atomic mass is 10.0. The van der Waals surface area contributed by atoms with Crippen LogP contribution in [0.15, 0.2) is 48.7 Å². The molecule has 1 amide bonds. The summed E-state index contributed by atoms with van der Waals surface area (Å²) in [4.78, 5) is 21.4. The first-order chi connectivity index (χ1) is 15.8. The molecule has 33 heavy (non-hydrogen) atoms. The molecule has 3 heterocycles. The summed E-state index contributed by atoms with van der Waals surface area (Å²) in [6.45, 7) is 7.10. The largest absolute Gasteiger partial charge is 0.352 e. The van der Waals surface area contributed by atoms with E-state index in [4.69, 9.17) is 0 Å². The summed E-state index contributed by atoms with van der Waals surface area (Å²) in [6.07, 6.45) is 2.55. The van der Waals surface area contributed by atoms with Crippen molar-refractivity contribution in [3.05, 3.63) is 71.0 Å². The Labute approximate surface area is 193 Å². The van der Waals surface area contributed by atoms with E-state index in [2.05, 4.69) is 43.4 Å². The molecule has 0 radical (unpaired) electrons. The number of rotatable bonds is 7. The van der Waals surface area contributed by atoms with Crippen LogP contribution in [0, 0.1) is 0 Å². The molecule has 0 aliphatic carbocycles. The summed E-state index contributed by atoms with van der Waals surface area (Å²) in [7, 11) is 0. The van der Waals surface area contributed by atoms with E-state index in [0.717, 1.165) is 25.2 Å². The van der Waals surface area contributed by atoms with Gasteiger partial charge in [0, 0.05) is 31.0 Å². The van der Waals surface area contributed by atoms with Crippen LogP contribution >= 0.6 is 0 Å². The maximum Gasteiger partial charge on any atom is 0.254 e. The highest BCUT2D eigenvalue weighted by Crippen LogP contribution is 2.28. The Balaban J connectivity index is 1.64. The second kappa shape index (κ2) is 9.54. The van der Waals surface area contributed by atoms with E-state index in [1.165, 1.54) is 31.2 Å². The van der Waals surface area contributed by atoms with Gasteiger partial charge < -0.3 is 21.3 Å². The van der Waals surface area contributed by atoms with Crippen LogP contribution in [-0.4, -0.2) is 29.0 Å². The van der Waals surface area contributed by atoms with E-state index in [9.17, 15) is 9.18 Å². The molecule has 0 spiro atoms. The third-order valence-electron chi connectivity index (χ3n) is 5.47. The molecule has 0 atom stereocenters. The van der Waals surface area contributed by atoms with Crippen LogP contribution in [0.5, 0.6) is 0 Å². The zero-order chi connectivity index (χ0) is 23.4. The van der Waals surface area contributed by atoms with Crippen molar-refractivity contribution in [2.75, 3.05) is 23.7 Å². The quantitative estimate of drug-likeness (QED) is 0.424. The van der Waals surface area contributed by atoms with Gasteiger partial charge >= 0.3 is 0 Å². The molecule has 7 nitrogen and oxygen atoms in total. The second-order valence-electron chi connectivity index (χ2n) is 8.52. The number of halogens is 1. The third-order valence-corrected chi connectivity index (χ3v) is 5.47. The molecule has 4 rings (SSSR count). The van der Waals surface area contributed by atoms with Gasteiger partial charge in [-0.1, -0.05) is 12.1 Å². The van der Waals surface area contributed by atoms with Crippen molar-refractivity contribution in [1.29, 1.82) is 0 Å². The van der Waals surface area contributed by atoms with Gasteiger partial charge in [-0.15, -0.1) is 0 Å². The molecule has 1 aromatic carbocycles. The van der Waals surface area contributed by atoms with Crippen LogP contribution in [0.1, 0.15) is 48.0 Å². The third kappa shape index (κ3) is 5.46. The Hall–Kier alpha value is -3.52. The van der Waals surface area contributed by atoms with E-state index < -0.39 is 5.67 Å². The normalized spacial score (nSPS) is 13.2. The predicted molar refractivity (Wildman–Crippen MR) is 129 cm³/mol. The van der Waals surface area contributed by atoms with Gasteiger partial charge in [-0.25, -0.2) is 14.4 Å². The lowest BCUT2D eigenvalue weighted by Gasteiger charge is -2.19. The smallest absolute Gasteiger partial charge is 0.254 e. The number of nitrogens with one attached hydrogen (secondary N) is 4. The highest BCUT2D eigenvalue weighted by Gasteiger charge is 2.21. The van der Waals surface area contributed by atoms with Gasteiger partial charge in [0.2, 0.25) is 0 Å². The number of alkyl halides is 1. The Bertz CT molecular complexity index is 1160. The number of fused-ring (bicyclic) bond motifs is 1. The van der Waals surface area contributed by atoms with Crippen molar-refractivity contribution in [2.45, 2.75) is 39.4 Å². The molecule has 0 unspecified atom stereocenters. The minimum absolute atomic E-state index is 0.249. The Kier molecular flexibility index (Phi) is 6.55. The molecule has 172 valence electrons. The lowest BCUT2D eigenvalue weighted by Crippen LogP contribution is -2.24. The second-order valence-corrected chi connectivity index (χ2v) is 8.52. The fourth-order valence-electron chi connectivity index (χ4n) is 3.74. The van der Waals surface area contributed by atoms with E-state index in [1.54, 1.807) is 24.3 Å². The van der Waals surface area contributed by atoms with Crippen LogP contribution in [0.4, 0.5) is 27.4 Å². The number of carbonyl (C=O) groups excluding carboxylic acids is 1. The number of anilines is 4. The van der Waals surface area contributed by atoms with Gasteiger partial charge in [0.1, 0.15) is 17.3 Å². The van der Waals surface area contributed by atoms with E-state index in [1.807, 2.05) is 13.0 Å². The monoisotopic (exact) mass is 448 g/mol. The lowest BCUT2D eigenvalue weighted by molar-refractivity contribution is 0.0956. The summed E-state index contributed by atoms with van der Waals surface area (Å²) >= 11 is 0. The van der Waals surface area contributed by atoms with Crippen LogP contribution < -0.4 is 21.3 Å². The van der Waals surface area contributed by atoms with Crippen LogP contribution in [0.25, 0.3) is 0 Å². The maximum absolute atomic E-state index is 14.4. The Morgan fingerprint density at radius 1 is 1.12 bits per heavy atom. The topological polar surface area (TPSA) is 91.0 Å². The molecule has 2 aromatic heterocycles. The highest BCUT2D eigenvalue weighted by molar-refractivity contribution is 6.00. The van der Waals surface area contributed by atoms with Crippen molar-refractivity contribution < 1.29 is 9.18 Å². The van der Waals surface area contributed by atoms with Crippen molar-refractivity contribution >= 4 is 28.9 Å². The van der Waals surface area contributed by atoms with E-state index in [0.29, 0.717) is 35.1 Å². The number of amides is 1. The fourth-order valence-corrected chi connectivity index (χ4v) is 3.74. The van der Waals surface area contributed by atoms with Gasteiger partial charge in [-0.2, -0.15) is 0 Å². The SMILES string of the molecule is CCNC(=O)c1cnc(Nc2ccc3c(c2)CNCC3)cc1Nc1cccc(C(C)(C)F)n1. The Morgan fingerprint density at radius 3 is 2.76 bits per heavy atom. The molecule has 8 heteroatoms.